The molecule has 0 aromatic heterocycles. The molecule has 1 atom stereocenters. The smallest absolute Gasteiger partial charge is 0.0658 e. The van der Waals surface area contributed by atoms with Gasteiger partial charge in [-0.3, -0.25) is 0 Å². The average molecular weight is 149 g/mol. The van der Waals surface area contributed by atoms with Gasteiger partial charge in [0.15, 0.2) is 0 Å². The van der Waals surface area contributed by atoms with Gasteiger partial charge >= 0.3 is 0 Å². The summed E-state index contributed by atoms with van der Waals surface area (Å²) < 4.78 is 0. The number of nitrogens with one attached hydrogen (secondary N) is 1. The lowest BCUT2D eigenvalue weighted by Gasteiger charge is -2.05. The van der Waals surface area contributed by atoms with Gasteiger partial charge in [-0.05, 0) is 26.3 Å². The molecular formula is C10H15N. The first kappa shape index (κ1) is 10.1. The van der Waals surface area contributed by atoms with E-state index in [9.17, 15) is 0 Å². The Morgan fingerprint density at radius 3 is 2.64 bits per heavy atom. The van der Waals surface area contributed by atoms with Gasteiger partial charge in [-0.15, -0.1) is 18.8 Å². The lowest BCUT2D eigenvalue weighted by atomic mass is 10.2. The van der Waals surface area contributed by atoms with Crippen LogP contribution in [0, 0.1) is 24.7 Å². The van der Waals surface area contributed by atoms with Crippen LogP contribution in [-0.4, -0.2) is 12.6 Å². The van der Waals surface area contributed by atoms with E-state index in [2.05, 4.69) is 17.2 Å². The molecule has 0 aliphatic rings. The normalized spacial score (nSPS) is 11.5. The van der Waals surface area contributed by atoms with Gasteiger partial charge in [-0.1, -0.05) is 5.92 Å². The predicted octanol–water partition coefficient (Wildman–Crippen LogP) is 1.40. The molecule has 0 amide bonds. The van der Waals surface area contributed by atoms with Crippen molar-refractivity contribution in [2.45, 2.75) is 32.2 Å². The maximum atomic E-state index is 5.17. The van der Waals surface area contributed by atoms with E-state index >= 15 is 0 Å². The van der Waals surface area contributed by atoms with Gasteiger partial charge in [0.25, 0.3) is 0 Å². The Hall–Kier alpha value is -0.920. The Labute approximate surface area is 69.6 Å². The van der Waals surface area contributed by atoms with Crippen LogP contribution in [0.2, 0.25) is 0 Å². The lowest BCUT2D eigenvalue weighted by Crippen LogP contribution is -2.25. The van der Waals surface area contributed by atoms with E-state index < -0.39 is 0 Å². The summed E-state index contributed by atoms with van der Waals surface area (Å²) in [7, 11) is 0. The van der Waals surface area contributed by atoms with E-state index in [1.807, 2.05) is 6.92 Å². The van der Waals surface area contributed by atoms with Crippen molar-refractivity contribution in [3.63, 3.8) is 0 Å². The molecule has 0 fully saturated rings. The fourth-order valence-electron chi connectivity index (χ4n) is 0.730. The molecule has 1 nitrogen and oxygen atoms in total. The molecule has 0 aromatic rings. The predicted molar refractivity (Wildman–Crippen MR) is 49.0 cm³/mol. The number of hydrogen-bond donors (Lipinski definition) is 1. The van der Waals surface area contributed by atoms with E-state index in [-0.39, 0.29) is 6.04 Å². The van der Waals surface area contributed by atoms with Crippen LogP contribution in [0.25, 0.3) is 0 Å². The molecule has 0 aliphatic heterocycles. The minimum absolute atomic E-state index is 0.181. The molecule has 0 heterocycles. The molecule has 0 aromatic carbocycles. The van der Waals surface area contributed by atoms with Crippen molar-refractivity contribution in [2.24, 2.45) is 0 Å². The molecule has 0 spiro atoms. The quantitative estimate of drug-likeness (QED) is 0.460. The Morgan fingerprint density at radius 2 is 2.09 bits per heavy atom. The number of rotatable bonds is 5. The second kappa shape index (κ2) is 7.19. The summed E-state index contributed by atoms with van der Waals surface area (Å²) in [4.78, 5) is 0. The van der Waals surface area contributed by atoms with Crippen LogP contribution in [0.4, 0.5) is 0 Å². The maximum Gasteiger partial charge on any atom is 0.0658 e. The summed E-state index contributed by atoms with van der Waals surface area (Å²) in [6.45, 7) is 2.94. The van der Waals surface area contributed by atoms with Crippen LogP contribution in [0.3, 0.4) is 0 Å². The Bertz CT molecular complexity index is 159. The minimum atomic E-state index is 0.181. The molecule has 0 bridgehead atoms. The van der Waals surface area contributed by atoms with Crippen LogP contribution in [-0.2, 0) is 0 Å². The van der Waals surface area contributed by atoms with Gasteiger partial charge in [0.05, 0.1) is 6.04 Å². The molecule has 0 saturated heterocycles. The first-order valence-electron chi connectivity index (χ1n) is 3.94. The summed E-state index contributed by atoms with van der Waals surface area (Å²) in [5, 5.41) is 3.19. The molecule has 1 unspecified atom stereocenters. The number of terminal acetylenes is 2. The summed E-state index contributed by atoms with van der Waals surface area (Å²) in [6, 6.07) is 0.181. The Morgan fingerprint density at radius 1 is 1.36 bits per heavy atom. The fraction of sp³-hybridized carbons (Fsp3) is 0.600. The van der Waals surface area contributed by atoms with E-state index in [0.29, 0.717) is 0 Å². The highest BCUT2D eigenvalue weighted by molar-refractivity contribution is 4.95. The Kier molecular flexibility index (Phi) is 6.59. The van der Waals surface area contributed by atoms with Crippen molar-refractivity contribution in [3.8, 4) is 24.7 Å². The fourth-order valence-corrected chi connectivity index (χ4v) is 0.730. The third-order valence-corrected chi connectivity index (χ3v) is 1.45. The molecule has 0 rings (SSSR count). The molecule has 1 N–H and O–H groups in total. The number of unbranched alkanes of at least 4 members (excludes halogenated alkanes) is 2. The standard InChI is InChI=1S/C10H15N/c1-4-6-7-8-9-11-10(3)5-2/h1-2,10-11H,6-9H2,3H3. The van der Waals surface area contributed by atoms with Crippen molar-refractivity contribution in [2.75, 3.05) is 6.54 Å². The van der Waals surface area contributed by atoms with Crippen molar-refractivity contribution in [1.82, 2.24) is 5.32 Å². The Balaban J connectivity index is 3.04. The van der Waals surface area contributed by atoms with Gasteiger partial charge in [0.2, 0.25) is 0 Å². The molecular weight excluding hydrogens is 134 g/mol. The van der Waals surface area contributed by atoms with Crippen LogP contribution >= 0.6 is 0 Å². The average Bonchev–Trinajstić information content (AvgIpc) is 2.04. The van der Waals surface area contributed by atoms with E-state index in [1.165, 1.54) is 0 Å². The van der Waals surface area contributed by atoms with E-state index in [1.54, 1.807) is 0 Å². The van der Waals surface area contributed by atoms with Crippen LogP contribution in [0.15, 0.2) is 0 Å². The topological polar surface area (TPSA) is 12.0 Å². The highest BCUT2D eigenvalue weighted by Gasteiger charge is 1.92. The maximum absolute atomic E-state index is 5.17. The zero-order valence-electron chi connectivity index (χ0n) is 7.06. The van der Waals surface area contributed by atoms with Gasteiger partial charge in [0.1, 0.15) is 0 Å². The second-order valence-corrected chi connectivity index (χ2v) is 2.50. The summed E-state index contributed by atoms with van der Waals surface area (Å²) in [6.07, 6.45) is 13.3. The number of hydrogen-bond acceptors (Lipinski definition) is 1. The van der Waals surface area contributed by atoms with Crippen molar-refractivity contribution in [3.05, 3.63) is 0 Å². The van der Waals surface area contributed by atoms with Crippen molar-refractivity contribution < 1.29 is 0 Å². The monoisotopic (exact) mass is 149 g/mol. The molecule has 0 saturated carbocycles. The highest BCUT2D eigenvalue weighted by Crippen LogP contribution is 1.91. The van der Waals surface area contributed by atoms with Gasteiger partial charge in [-0.2, -0.15) is 0 Å². The SMILES string of the molecule is C#CCCCCNC(C)C#C. The summed E-state index contributed by atoms with van der Waals surface area (Å²) in [5.41, 5.74) is 0. The third kappa shape index (κ3) is 6.97. The largest absolute Gasteiger partial charge is 0.304 e. The third-order valence-electron chi connectivity index (χ3n) is 1.45. The lowest BCUT2D eigenvalue weighted by molar-refractivity contribution is 0.602. The molecule has 60 valence electrons. The van der Waals surface area contributed by atoms with E-state index in [4.69, 9.17) is 12.8 Å². The molecule has 11 heavy (non-hydrogen) atoms. The summed E-state index contributed by atoms with van der Waals surface area (Å²) in [5.74, 6) is 5.21. The zero-order chi connectivity index (χ0) is 8.53. The van der Waals surface area contributed by atoms with Gasteiger partial charge < -0.3 is 5.32 Å². The van der Waals surface area contributed by atoms with Crippen molar-refractivity contribution in [1.29, 1.82) is 0 Å². The molecule has 1 heteroatoms. The first-order chi connectivity index (χ1) is 5.31. The van der Waals surface area contributed by atoms with Crippen LogP contribution in [0.5, 0.6) is 0 Å². The minimum Gasteiger partial charge on any atom is -0.304 e. The van der Waals surface area contributed by atoms with Crippen LogP contribution < -0.4 is 5.32 Å². The second-order valence-electron chi connectivity index (χ2n) is 2.50. The van der Waals surface area contributed by atoms with Crippen molar-refractivity contribution >= 4 is 0 Å². The van der Waals surface area contributed by atoms with E-state index in [0.717, 1.165) is 25.8 Å². The zero-order valence-corrected chi connectivity index (χ0v) is 7.06. The molecule has 0 aliphatic carbocycles. The van der Waals surface area contributed by atoms with Gasteiger partial charge in [-0.25, -0.2) is 0 Å². The summed E-state index contributed by atoms with van der Waals surface area (Å²) >= 11 is 0. The first-order valence-corrected chi connectivity index (χ1v) is 3.94. The highest BCUT2D eigenvalue weighted by atomic mass is 14.9. The van der Waals surface area contributed by atoms with Gasteiger partial charge in [0, 0.05) is 6.42 Å². The van der Waals surface area contributed by atoms with Crippen LogP contribution in [0.1, 0.15) is 26.2 Å². The molecule has 0 radical (unpaired) electrons.